The maximum Gasteiger partial charge on any atom is 0.338 e. The molecule has 0 spiro atoms. The fraction of sp³-hybridized carbons (Fsp3) is 0.0455. The van der Waals surface area contributed by atoms with E-state index in [1.807, 2.05) is 48.7 Å². The van der Waals surface area contributed by atoms with E-state index in [9.17, 15) is 9.59 Å². The molecule has 4 rings (SSSR count). The maximum atomic E-state index is 12.3. The summed E-state index contributed by atoms with van der Waals surface area (Å²) in [5, 5.41) is 6.17. The van der Waals surface area contributed by atoms with Crippen LogP contribution in [0, 0.1) is 0 Å². The summed E-state index contributed by atoms with van der Waals surface area (Å²) in [5.74, 6) is -0.765. The lowest BCUT2D eigenvalue weighted by atomic mass is 10.0. The summed E-state index contributed by atoms with van der Waals surface area (Å²) in [6, 6.07) is 21.9. The van der Waals surface area contributed by atoms with Gasteiger partial charge in [-0.3, -0.25) is 4.79 Å². The Balaban J connectivity index is 1.41. The van der Waals surface area contributed by atoms with Crippen LogP contribution in [0.3, 0.4) is 0 Å². The van der Waals surface area contributed by atoms with E-state index in [-0.39, 0.29) is 12.4 Å². The molecule has 0 saturated carbocycles. The molecule has 0 N–H and O–H groups in total. The first-order valence-corrected chi connectivity index (χ1v) is 8.50. The van der Waals surface area contributed by atoms with Crippen LogP contribution in [0.25, 0.3) is 16.5 Å². The van der Waals surface area contributed by atoms with Crippen LogP contribution in [-0.2, 0) is 4.74 Å². The van der Waals surface area contributed by atoms with Crippen molar-refractivity contribution in [2.75, 3.05) is 6.61 Å². The maximum absolute atomic E-state index is 12.3. The molecule has 5 heteroatoms. The van der Waals surface area contributed by atoms with Crippen LogP contribution in [0.4, 0.5) is 0 Å². The second-order valence-corrected chi connectivity index (χ2v) is 6.06. The molecule has 132 valence electrons. The number of ether oxygens (including phenoxy) is 1. The van der Waals surface area contributed by atoms with Crippen LogP contribution in [-0.4, -0.2) is 28.1 Å². The number of carbonyl (C=O) groups is 2. The number of fused-ring (bicyclic) bond motifs is 1. The average Bonchev–Trinajstić information content (AvgIpc) is 3.26. The van der Waals surface area contributed by atoms with Gasteiger partial charge in [-0.1, -0.05) is 36.4 Å². The summed E-state index contributed by atoms with van der Waals surface area (Å²) < 4.78 is 6.87. The number of hydrogen-bond donors (Lipinski definition) is 0. The largest absolute Gasteiger partial charge is 0.454 e. The minimum atomic E-state index is -0.531. The van der Waals surface area contributed by atoms with Crippen LogP contribution in [0.2, 0.25) is 0 Å². The molecule has 0 atom stereocenters. The van der Waals surface area contributed by atoms with Crippen molar-refractivity contribution in [2.45, 2.75) is 0 Å². The molecule has 0 aliphatic rings. The van der Waals surface area contributed by atoms with E-state index in [0.717, 1.165) is 16.5 Å². The molecule has 0 radical (unpaired) electrons. The third-order valence-electron chi connectivity index (χ3n) is 4.28. The summed E-state index contributed by atoms with van der Waals surface area (Å²) in [4.78, 5) is 24.5. The number of hydrogen-bond acceptors (Lipinski definition) is 4. The zero-order chi connectivity index (χ0) is 18.6. The molecule has 1 aromatic heterocycles. The predicted octanol–water partition coefficient (Wildman–Crippen LogP) is 4.07. The molecule has 0 aliphatic heterocycles. The van der Waals surface area contributed by atoms with E-state index in [0.29, 0.717) is 11.1 Å². The summed E-state index contributed by atoms with van der Waals surface area (Å²) >= 11 is 0. The van der Waals surface area contributed by atoms with Gasteiger partial charge in [0.1, 0.15) is 0 Å². The molecule has 0 amide bonds. The van der Waals surface area contributed by atoms with Gasteiger partial charge in [0, 0.05) is 18.0 Å². The Bertz CT molecular complexity index is 1100. The van der Waals surface area contributed by atoms with Gasteiger partial charge in [0.25, 0.3) is 0 Å². The number of aromatic nitrogens is 2. The third kappa shape index (κ3) is 3.62. The lowest BCUT2D eigenvalue weighted by Gasteiger charge is -2.07. The van der Waals surface area contributed by atoms with Gasteiger partial charge in [-0.2, -0.15) is 5.10 Å². The highest BCUT2D eigenvalue weighted by Crippen LogP contribution is 2.16. The van der Waals surface area contributed by atoms with Crippen LogP contribution in [0.15, 0.2) is 85.2 Å². The molecule has 0 aliphatic carbocycles. The molecular weight excluding hydrogens is 340 g/mol. The molecule has 0 unspecified atom stereocenters. The van der Waals surface area contributed by atoms with Gasteiger partial charge in [0.15, 0.2) is 12.4 Å². The first-order valence-electron chi connectivity index (χ1n) is 8.50. The Labute approximate surface area is 155 Å². The van der Waals surface area contributed by atoms with Crippen molar-refractivity contribution >= 4 is 22.5 Å². The predicted molar refractivity (Wildman–Crippen MR) is 102 cm³/mol. The first-order chi connectivity index (χ1) is 13.2. The molecule has 3 aromatic carbocycles. The Morgan fingerprint density at radius 1 is 0.852 bits per heavy atom. The second-order valence-electron chi connectivity index (χ2n) is 6.06. The third-order valence-corrected chi connectivity index (χ3v) is 4.28. The van der Waals surface area contributed by atoms with Gasteiger partial charge >= 0.3 is 5.97 Å². The van der Waals surface area contributed by atoms with E-state index in [1.54, 1.807) is 41.2 Å². The van der Waals surface area contributed by atoms with E-state index in [1.165, 1.54) is 0 Å². The molecule has 0 bridgehead atoms. The number of carbonyl (C=O) groups excluding carboxylic acids is 2. The number of rotatable bonds is 5. The van der Waals surface area contributed by atoms with Crippen LogP contribution in [0.1, 0.15) is 20.7 Å². The second kappa shape index (κ2) is 7.25. The number of ketones is 1. The summed E-state index contributed by atoms with van der Waals surface area (Å²) in [7, 11) is 0. The van der Waals surface area contributed by atoms with E-state index >= 15 is 0 Å². The minimum absolute atomic E-state index is 0.234. The van der Waals surface area contributed by atoms with Crippen LogP contribution in [0.5, 0.6) is 0 Å². The first kappa shape index (κ1) is 16.7. The molecule has 5 nitrogen and oxygen atoms in total. The quantitative estimate of drug-likeness (QED) is 0.400. The normalized spacial score (nSPS) is 10.7. The topological polar surface area (TPSA) is 61.2 Å². The standard InChI is InChI=1S/C22H16N2O3/c25-21(19-7-6-16-4-1-2-5-18(16)14-19)15-27-22(26)17-8-10-20(11-9-17)24-13-3-12-23-24/h1-14H,15H2. The average molecular weight is 356 g/mol. The molecule has 0 saturated heterocycles. The highest BCUT2D eigenvalue weighted by Gasteiger charge is 2.12. The van der Waals surface area contributed by atoms with Gasteiger partial charge in [-0.15, -0.1) is 0 Å². The van der Waals surface area contributed by atoms with E-state index in [2.05, 4.69) is 5.10 Å². The van der Waals surface area contributed by atoms with Crippen molar-refractivity contribution in [2.24, 2.45) is 0 Å². The number of benzene rings is 3. The van der Waals surface area contributed by atoms with Crippen molar-refractivity contribution in [1.29, 1.82) is 0 Å². The zero-order valence-electron chi connectivity index (χ0n) is 14.4. The van der Waals surface area contributed by atoms with Crippen molar-refractivity contribution in [3.8, 4) is 5.69 Å². The number of nitrogens with zero attached hydrogens (tertiary/aromatic N) is 2. The lowest BCUT2D eigenvalue weighted by Crippen LogP contribution is -2.14. The fourth-order valence-corrected chi connectivity index (χ4v) is 2.83. The van der Waals surface area contributed by atoms with Crippen LogP contribution < -0.4 is 0 Å². The Kier molecular flexibility index (Phi) is 4.49. The molecule has 4 aromatic rings. The van der Waals surface area contributed by atoms with Crippen molar-refractivity contribution in [1.82, 2.24) is 9.78 Å². The van der Waals surface area contributed by atoms with Crippen LogP contribution >= 0.6 is 0 Å². The molecule has 27 heavy (non-hydrogen) atoms. The Hall–Kier alpha value is -3.73. The number of esters is 1. The Morgan fingerprint density at radius 3 is 2.33 bits per heavy atom. The van der Waals surface area contributed by atoms with Gasteiger partial charge in [0.2, 0.25) is 0 Å². The van der Waals surface area contributed by atoms with E-state index in [4.69, 9.17) is 4.74 Å². The van der Waals surface area contributed by atoms with Gasteiger partial charge in [-0.25, -0.2) is 9.48 Å². The highest BCUT2D eigenvalue weighted by atomic mass is 16.5. The van der Waals surface area contributed by atoms with E-state index < -0.39 is 5.97 Å². The van der Waals surface area contributed by atoms with Gasteiger partial charge in [0.05, 0.1) is 11.3 Å². The monoisotopic (exact) mass is 356 g/mol. The lowest BCUT2D eigenvalue weighted by molar-refractivity contribution is 0.0475. The smallest absolute Gasteiger partial charge is 0.338 e. The van der Waals surface area contributed by atoms with Gasteiger partial charge in [-0.05, 0) is 47.2 Å². The summed E-state index contributed by atoms with van der Waals surface area (Å²) in [6.07, 6.45) is 3.50. The minimum Gasteiger partial charge on any atom is -0.454 e. The SMILES string of the molecule is O=C(COC(=O)c1ccc(-n2cccn2)cc1)c1ccc2ccccc2c1. The van der Waals surface area contributed by atoms with Crippen molar-refractivity contribution in [3.63, 3.8) is 0 Å². The van der Waals surface area contributed by atoms with Crippen molar-refractivity contribution < 1.29 is 14.3 Å². The fourth-order valence-electron chi connectivity index (χ4n) is 2.83. The highest BCUT2D eigenvalue weighted by molar-refractivity contribution is 6.02. The zero-order valence-corrected chi connectivity index (χ0v) is 14.4. The molecule has 0 fully saturated rings. The summed E-state index contributed by atoms with van der Waals surface area (Å²) in [6.45, 7) is -0.294. The Morgan fingerprint density at radius 2 is 1.59 bits per heavy atom. The van der Waals surface area contributed by atoms with Gasteiger partial charge < -0.3 is 4.74 Å². The molecular formula is C22H16N2O3. The molecule has 1 heterocycles. The summed E-state index contributed by atoms with van der Waals surface area (Å²) in [5.41, 5.74) is 1.75. The van der Waals surface area contributed by atoms with Crippen molar-refractivity contribution in [3.05, 3.63) is 96.3 Å². The number of Topliss-reactive ketones (excluding diaryl/α,β-unsaturated/α-hetero) is 1.